The Morgan fingerprint density at radius 2 is 2.03 bits per heavy atom. The van der Waals surface area contributed by atoms with E-state index in [1.54, 1.807) is 30.3 Å². The minimum absolute atomic E-state index is 0.00153. The summed E-state index contributed by atoms with van der Waals surface area (Å²) in [6.07, 6.45) is 6.99. The number of hydrogen-bond donors (Lipinski definition) is 2. The van der Waals surface area contributed by atoms with Crippen LogP contribution in [-0.2, 0) is 12.5 Å². The SMILES string of the molecule is C[C@@H]1[C@H](CC(=O)c2noc(C(C)(C)C)n2)CCCN1c1cnc(C(N)=O)c(Nc2cnn(C)c2)n1. The fraction of sp³-hybridized carbons (Fsp3) is 0.522. The molecule has 1 aliphatic rings. The normalized spacial score (nSPS) is 18.5. The maximum atomic E-state index is 12.9. The first-order valence-electron chi connectivity index (χ1n) is 11.6. The van der Waals surface area contributed by atoms with Crippen LogP contribution < -0.4 is 16.0 Å². The number of piperidine rings is 1. The smallest absolute Gasteiger partial charge is 0.271 e. The van der Waals surface area contributed by atoms with Crippen molar-refractivity contribution in [2.45, 2.75) is 58.4 Å². The Balaban J connectivity index is 1.53. The number of Topliss-reactive ketones (excluding diaryl/α,β-unsaturated/α-hetero) is 1. The standard InChI is InChI=1S/C23H31N9O3/c1-13-14(9-16(33)20-29-22(35-30-20)23(2,3)4)7-6-8-32(13)17-11-25-18(19(24)34)21(28-17)27-15-10-26-31(5)12-15/h10-14H,6-9H2,1-5H3,(H2,24,34)(H,27,28)/t13-,14+/m1/s1. The number of anilines is 3. The molecule has 1 aliphatic heterocycles. The van der Waals surface area contributed by atoms with E-state index in [0.717, 1.165) is 19.4 Å². The van der Waals surface area contributed by atoms with Crippen molar-refractivity contribution >= 4 is 29.0 Å². The van der Waals surface area contributed by atoms with Gasteiger partial charge in [0.05, 0.1) is 18.1 Å². The first-order valence-corrected chi connectivity index (χ1v) is 11.6. The van der Waals surface area contributed by atoms with E-state index in [4.69, 9.17) is 10.3 Å². The third-order valence-electron chi connectivity index (χ3n) is 6.17. The molecule has 4 rings (SSSR count). The van der Waals surface area contributed by atoms with Crippen molar-refractivity contribution in [2.75, 3.05) is 16.8 Å². The van der Waals surface area contributed by atoms with Gasteiger partial charge in [-0.1, -0.05) is 25.9 Å². The van der Waals surface area contributed by atoms with Crippen LogP contribution in [-0.4, -0.2) is 54.2 Å². The molecule has 3 aromatic rings. The summed E-state index contributed by atoms with van der Waals surface area (Å²) in [4.78, 5) is 40.2. The Hall–Kier alpha value is -3.83. The van der Waals surface area contributed by atoms with Crippen LogP contribution in [0.4, 0.5) is 17.3 Å². The molecule has 0 aliphatic carbocycles. The lowest BCUT2D eigenvalue weighted by Gasteiger charge is -2.40. The van der Waals surface area contributed by atoms with Gasteiger partial charge in [0, 0.05) is 37.7 Å². The van der Waals surface area contributed by atoms with Gasteiger partial charge in [-0.25, -0.2) is 9.97 Å². The van der Waals surface area contributed by atoms with Gasteiger partial charge in [0.15, 0.2) is 11.5 Å². The summed E-state index contributed by atoms with van der Waals surface area (Å²) >= 11 is 0. The average Bonchev–Trinajstić information content (AvgIpc) is 3.44. The van der Waals surface area contributed by atoms with Crippen LogP contribution in [0.1, 0.15) is 74.0 Å². The minimum Gasteiger partial charge on any atom is -0.364 e. The van der Waals surface area contributed by atoms with Crippen LogP contribution >= 0.6 is 0 Å². The number of aromatic nitrogens is 6. The molecule has 2 atom stereocenters. The highest BCUT2D eigenvalue weighted by Crippen LogP contribution is 2.32. The van der Waals surface area contributed by atoms with Gasteiger partial charge >= 0.3 is 0 Å². The van der Waals surface area contributed by atoms with Crippen molar-refractivity contribution < 1.29 is 14.1 Å². The number of ketones is 1. The molecule has 4 heterocycles. The highest BCUT2D eigenvalue weighted by atomic mass is 16.5. The largest absolute Gasteiger partial charge is 0.364 e. The molecule has 0 radical (unpaired) electrons. The van der Waals surface area contributed by atoms with Crippen LogP contribution in [0, 0.1) is 5.92 Å². The number of nitrogens with two attached hydrogens (primary N) is 1. The van der Waals surface area contributed by atoms with E-state index >= 15 is 0 Å². The molecule has 0 aromatic carbocycles. The van der Waals surface area contributed by atoms with E-state index in [1.165, 1.54) is 0 Å². The number of rotatable bonds is 7. The predicted octanol–water partition coefficient (Wildman–Crippen LogP) is 2.61. The minimum atomic E-state index is -0.680. The molecule has 1 amide bonds. The third kappa shape index (κ3) is 5.31. The van der Waals surface area contributed by atoms with Gasteiger partial charge in [0.25, 0.3) is 5.91 Å². The molecular weight excluding hydrogens is 450 g/mol. The van der Waals surface area contributed by atoms with E-state index in [9.17, 15) is 9.59 Å². The van der Waals surface area contributed by atoms with Gasteiger partial charge in [-0.05, 0) is 25.7 Å². The zero-order valence-electron chi connectivity index (χ0n) is 20.6. The Labute approximate surface area is 203 Å². The predicted molar refractivity (Wildman–Crippen MR) is 129 cm³/mol. The highest BCUT2D eigenvalue weighted by molar-refractivity contribution is 5.96. The third-order valence-corrected chi connectivity index (χ3v) is 6.17. The Kier molecular flexibility index (Phi) is 6.55. The molecule has 186 valence electrons. The number of amides is 1. The molecule has 0 unspecified atom stereocenters. The highest BCUT2D eigenvalue weighted by Gasteiger charge is 2.33. The number of primary amides is 1. The second-order valence-corrected chi connectivity index (χ2v) is 9.95. The summed E-state index contributed by atoms with van der Waals surface area (Å²) in [5, 5.41) is 11.1. The van der Waals surface area contributed by atoms with Crippen molar-refractivity contribution in [3.05, 3.63) is 36.0 Å². The van der Waals surface area contributed by atoms with Gasteiger partial charge in [-0.15, -0.1) is 0 Å². The van der Waals surface area contributed by atoms with Crippen LogP contribution in [0.2, 0.25) is 0 Å². The van der Waals surface area contributed by atoms with Crippen LogP contribution in [0.15, 0.2) is 23.1 Å². The van der Waals surface area contributed by atoms with Gasteiger partial charge in [-0.2, -0.15) is 10.1 Å². The summed E-state index contributed by atoms with van der Waals surface area (Å²) in [5.41, 5.74) is 5.90. The second kappa shape index (κ2) is 9.43. The van der Waals surface area contributed by atoms with Crippen molar-refractivity contribution in [2.24, 2.45) is 18.7 Å². The number of aryl methyl sites for hydroxylation is 1. The quantitative estimate of drug-likeness (QED) is 0.480. The molecule has 12 heteroatoms. The van der Waals surface area contributed by atoms with Crippen molar-refractivity contribution in [3.63, 3.8) is 0 Å². The van der Waals surface area contributed by atoms with E-state index in [-0.39, 0.29) is 40.5 Å². The summed E-state index contributed by atoms with van der Waals surface area (Å²) in [7, 11) is 1.79. The van der Waals surface area contributed by atoms with Crippen molar-refractivity contribution in [1.82, 2.24) is 29.9 Å². The maximum absolute atomic E-state index is 12.9. The van der Waals surface area contributed by atoms with Crippen LogP contribution in [0.25, 0.3) is 0 Å². The number of hydrogen-bond acceptors (Lipinski definition) is 10. The Morgan fingerprint density at radius 1 is 1.26 bits per heavy atom. The molecule has 0 bridgehead atoms. The van der Waals surface area contributed by atoms with E-state index in [0.29, 0.717) is 23.8 Å². The Morgan fingerprint density at radius 3 is 2.66 bits per heavy atom. The number of nitrogens with zero attached hydrogens (tertiary/aromatic N) is 7. The van der Waals surface area contributed by atoms with Crippen molar-refractivity contribution in [1.29, 1.82) is 0 Å². The van der Waals surface area contributed by atoms with E-state index < -0.39 is 5.91 Å². The zero-order chi connectivity index (χ0) is 25.3. The van der Waals surface area contributed by atoms with E-state index in [2.05, 4.69) is 42.3 Å². The van der Waals surface area contributed by atoms with Gasteiger partial charge in [-0.3, -0.25) is 14.3 Å². The molecule has 3 aromatic heterocycles. The molecule has 35 heavy (non-hydrogen) atoms. The lowest BCUT2D eigenvalue weighted by Crippen LogP contribution is -2.44. The molecule has 0 spiro atoms. The number of carbonyl (C=O) groups is 2. The zero-order valence-corrected chi connectivity index (χ0v) is 20.6. The molecular formula is C23H31N9O3. The molecule has 1 saturated heterocycles. The van der Waals surface area contributed by atoms with Crippen molar-refractivity contribution in [3.8, 4) is 0 Å². The average molecular weight is 482 g/mol. The number of carbonyl (C=O) groups excluding carboxylic acids is 2. The van der Waals surface area contributed by atoms with Crippen LogP contribution in [0.5, 0.6) is 0 Å². The number of nitrogens with one attached hydrogen (secondary N) is 1. The summed E-state index contributed by atoms with van der Waals surface area (Å²) < 4.78 is 6.92. The lowest BCUT2D eigenvalue weighted by molar-refractivity contribution is 0.0931. The first-order chi connectivity index (χ1) is 16.5. The monoisotopic (exact) mass is 481 g/mol. The van der Waals surface area contributed by atoms with Crippen LogP contribution in [0.3, 0.4) is 0 Å². The summed E-state index contributed by atoms with van der Waals surface area (Å²) in [6.45, 7) is 8.68. The maximum Gasteiger partial charge on any atom is 0.271 e. The topological polar surface area (TPSA) is 158 Å². The molecule has 12 nitrogen and oxygen atoms in total. The molecule has 3 N–H and O–H groups in total. The molecule has 1 fully saturated rings. The summed E-state index contributed by atoms with van der Waals surface area (Å²) in [5.74, 6) is 0.665. The van der Waals surface area contributed by atoms with Gasteiger partial charge in [0.1, 0.15) is 5.82 Å². The van der Waals surface area contributed by atoms with Gasteiger partial charge in [0.2, 0.25) is 17.5 Å². The fourth-order valence-corrected chi connectivity index (χ4v) is 4.20. The molecule has 0 saturated carbocycles. The van der Waals surface area contributed by atoms with E-state index in [1.807, 2.05) is 20.8 Å². The second-order valence-electron chi connectivity index (χ2n) is 9.95. The summed E-state index contributed by atoms with van der Waals surface area (Å²) in [6, 6.07) is 0.00153. The Bertz CT molecular complexity index is 1230. The fourth-order valence-electron chi connectivity index (χ4n) is 4.20. The first kappa shape index (κ1) is 24.3. The lowest BCUT2D eigenvalue weighted by atomic mass is 9.86. The van der Waals surface area contributed by atoms with Gasteiger partial charge < -0.3 is 20.5 Å².